The van der Waals surface area contributed by atoms with Crippen molar-refractivity contribution in [2.24, 2.45) is 0 Å². The Bertz CT molecular complexity index is 668. The molecule has 23 heavy (non-hydrogen) atoms. The van der Waals surface area contributed by atoms with Gasteiger partial charge in [-0.2, -0.15) is 0 Å². The summed E-state index contributed by atoms with van der Waals surface area (Å²) in [5, 5.41) is 9.44. The molecule has 2 heterocycles. The second kappa shape index (κ2) is 7.84. The van der Waals surface area contributed by atoms with Gasteiger partial charge in [0.1, 0.15) is 6.33 Å². The summed E-state index contributed by atoms with van der Waals surface area (Å²) in [6, 6.07) is 7.50. The number of likely N-dealkylation sites (tertiary alicyclic amines) is 1. The van der Waals surface area contributed by atoms with Gasteiger partial charge in [-0.15, -0.1) is 10.2 Å². The Balaban J connectivity index is 1.65. The largest absolute Gasteiger partial charge is 0.342 e. The molecule has 1 fully saturated rings. The third-order valence-corrected chi connectivity index (χ3v) is 5.05. The van der Waals surface area contributed by atoms with E-state index in [0.29, 0.717) is 15.9 Å². The van der Waals surface area contributed by atoms with Crippen LogP contribution < -0.4 is 0 Å². The summed E-state index contributed by atoms with van der Waals surface area (Å²) in [5.74, 6) is 0.566. The van der Waals surface area contributed by atoms with Crippen molar-refractivity contribution in [1.82, 2.24) is 19.7 Å². The molecule has 5 nitrogen and oxygen atoms in total. The highest BCUT2D eigenvalue weighted by Crippen LogP contribution is 2.22. The minimum Gasteiger partial charge on any atom is -0.342 e. The predicted octanol–water partition coefficient (Wildman–Crippen LogP) is 3.42. The number of nitrogens with zero attached hydrogens (tertiary/aromatic N) is 4. The van der Waals surface area contributed by atoms with Crippen LogP contribution in [0.3, 0.4) is 0 Å². The molecule has 122 valence electrons. The van der Waals surface area contributed by atoms with Crippen molar-refractivity contribution in [3.05, 3.63) is 35.6 Å². The molecule has 1 saturated heterocycles. The van der Waals surface area contributed by atoms with Crippen molar-refractivity contribution >= 4 is 29.3 Å². The van der Waals surface area contributed by atoms with Gasteiger partial charge in [-0.25, -0.2) is 0 Å². The molecule has 1 aromatic carbocycles. The highest BCUT2D eigenvalue weighted by Gasteiger charge is 2.17. The van der Waals surface area contributed by atoms with Gasteiger partial charge < -0.3 is 4.90 Å². The molecule has 1 aliphatic heterocycles. The molecule has 1 aromatic heterocycles. The number of hydrogen-bond acceptors (Lipinski definition) is 4. The van der Waals surface area contributed by atoms with E-state index in [9.17, 15) is 4.79 Å². The van der Waals surface area contributed by atoms with Gasteiger partial charge in [0.25, 0.3) is 0 Å². The molecular formula is C16H19ClN4OS. The number of halogens is 1. The summed E-state index contributed by atoms with van der Waals surface area (Å²) < 4.78 is 1.85. The zero-order chi connectivity index (χ0) is 16.1. The topological polar surface area (TPSA) is 51.0 Å². The van der Waals surface area contributed by atoms with Crippen LogP contribution in [0, 0.1) is 0 Å². The van der Waals surface area contributed by atoms with Crippen LogP contribution in [0.15, 0.2) is 35.7 Å². The maximum Gasteiger partial charge on any atom is 0.233 e. The Labute approximate surface area is 145 Å². The number of hydrogen-bond donors (Lipinski definition) is 0. The molecule has 0 saturated carbocycles. The van der Waals surface area contributed by atoms with Crippen molar-refractivity contribution in [3.8, 4) is 5.69 Å². The van der Waals surface area contributed by atoms with Gasteiger partial charge in [0.2, 0.25) is 5.91 Å². The predicted molar refractivity (Wildman–Crippen MR) is 92.1 cm³/mol. The minimum absolute atomic E-state index is 0.178. The number of benzene rings is 1. The zero-order valence-corrected chi connectivity index (χ0v) is 14.4. The molecule has 0 aliphatic carbocycles. The van der Waals surface area contributed by atoms with E-state index < -0.39 is 0 Å². The van der Waals surface area contributed by atoms with Crippen molar-refractivity contribution in [3.63, 3.8) is 0 Å². The summed E-state index contributed by atoms with van der Waals surface area (Å²) >= 11 is 7.45. The Morgan fingerprint density at radius 3 is 2.74 bits per heavy atom. The number of amides is 1. The summed E-state index contributed by atoms with van der Waals surface area (Å²) in [4.78, 5) is 14.3. The number of carbonyl (C=O) groups is 1. The van der Waals surface area contributed by atoms with E-state index in [1.54, 1.807) is 6.33 Å². The minimum atomic E-state index is 0.178. The molecule has 0 N–H and O–H groups in total. The lowest BCUT2D eigenvalue weighted by Crippen LogP contribution is -2.33. The molecular weight excluding hydrogens is 332 g/mol. The molecule has 0 unspecified atom stereocenters. The van der Waals surface area contributed by atoms with E-state index in [-0.39, 0.29) is 5.91 Å². The van der Waals surface area contributed by atoms with Crippen LogP contribution in [0.2, 0.25) is 5.02 Å². The third-order valence-electron chi connectivity index (χ3n) is 3.89. The van der Waals surface area contributed by atoms with Crippen LogP contribution in [0.1, 0.15) is 25.7 Å². The van der Waals surface area contributed by atoms with Gasteiger partial charge in [-0.3, -0.25) is 9.36 Å². The van der Waals surface area contributed by atoms with Crippen LogP contribution >= 0.6 is 23.4 Å². The molecule has 7 heteroatoms. The zero-order valence-electron chi connectivity index (χ0n) is 12.8. The van der Waals surface area contributed by atoms with Crippen LogP contribution in [-0.4, -0.2) is 44.4 Å². The molecule has 1 aliphatic rings. The lowest BCUT2D eigenvalue weighted by Gasteiger charge is -2.19. The van der Waals surface area contributed by atoms with Crippen LogP contribution in [-0.2, 0) is 4.79 Å². The van der Waals surface area contributed by atoms with E-state index in [4.69, 9.17) is 11.6 Å². The van der Waals surface area contributed by atoms with E-state index >= 15 is 0 Å². The lowest BCUT2D eigenvalue weighted by atomic mass is 10.2. The molecule has 1 amide bonds. The standard InChI is InChI=1S/C16H19ClN4OS/c17-13-6-5-7-14(10-13)21-12-18-19-16(21)23-11-15(22)20-8-3-1-2-4-9-20/h5-7,10,12H,1-4,8-9,11H2. The van der Waals surface area contributed by atoms with Gasteiger partial charge >= 0.3 is 0 Å². The number of rotatable bonds is 4. The maximum atomic E-state index is 12.4. The molecule has 0 bridgehead atoms. The first-order chi connectivity index (χ1) is 11.2. The highest BCUT2D eigenvalue weighted by atomic mass is 35.5. The third kappa shape index (κ3) is 4.26. The molecule has 2 aromatic rings. The second-order valence-electron chi connectivity index (χ2n) is 5.55. The maximum absolute atomic E-state index is 12.4. The van der Waals surface area contributed by atoms with Gasteiger partial charge in [0.15, 0.2) is 5.16 Å². The van der Waals surface area contributed by atoms with Gasteiger partial charge in [-0.1, -0.05) is 42.3 Å². The average molecular weight is 351 g/mol. The van der Waals surface area contributed by atoms with Crippen LogP contribution in [0.4, 0.5) is 0 Å². The van der Waals surface area contributed by atoms with E-state index in [2.05, 4.69) is 10.2 Å². The van der Waals surface area contributed by atoms with E-state index in [1.165, 1.54) is 24.6 Å². The van der Waals surface area contributed by atoms with Crippen LogP contribution in [0.5, 0.6) is 0 Å². The Morgan fingerprint density at radius 1 is 1.22 bits per heavy atom. The van der Waals surface area contributed by atoms with E-state index in [0.717, 1.165) is 31.6 Å². The Morgan fingerprint density at radius 2 is 2.00 bits per heavy atom. The first kappa shape index (κ1) is 16.3. The normalized spacial score (nSPS) is 15.4. The molecule has 0 atom stereocenters. The fourth-order valence-electron chi connectivity index (χ4n) is 2.66. The fraction of sp³-hybridized carbons (Fsp3) is 0.438. The van der Waals surface area contributed by atoms with Crippen molar-refractivity contribution in [1.29, 1.82) is 0 Å². The summed E-state index contributed by atoms with van der Waals surface area (Å²) in [7, 11) is 0. The van der Waals surface area contributed by atoms with Crippen molar-refractivity contribution in [2.45, 2.75) is 30.8 Å². The summed E-state index contributed by atoms with van der Waals surface area (Å²) in [6.45, 7) is 1.75. The first-order valence-electron chi connectivity index (χ1n) is 7.80. The van der Waals surface area contributed by atoms with Gasteiger partial charge in [0, 0.05) is 18.1 Å². The second-order valence-corrected chi connectivity index (χ2v) is 6.93. The Kier molecular flexibility index (Phi) is 5.56. The van der Waals surface area contributed by atoms with Crippen molar-refractivity contribution in [2.75, 3.05) is 18.8 Å². The first-order valence-corrected chi connectivity index (χ1v) is 9.17. The number of thioether (sulfide) groups is 1. The fourth-order valence-corrected chi connectivity index (χ4v) is 3.68. The average Bonchev–Trinajstić information content (AvgIpc) is 2.85. The molecule has 0 spiro atoms. The van der Waals surface area contributed by atoms with Crippen molar-refractivity contribution < 1.29 is 4.79 Å². The highest BCUT2D eigenvalue weighted by molar-refractivity contribution is 7.99. The quantitative estimate of drug-likeness (QED) is 0.793. The molecule has 3 rings (SSSR count). The summed E-state index contributed by atoms with van der Waals surface area (Å²) in [5.41, 5.74) is 0.896. The van der Waals surface area contributed by atoms with E-state index in [1.807, 2.05) is 33.7 Å². The lowest BCUT2D eigenvalue weighted by molar-refractivity contribution is -0.128. The Hall–Kier alpha value is -1.53. The monoisotopic (exact) mass is 350 g/mol. The smallest absolute Gasteiger partial charge is 0.233 e. The number of aromatic nitrogens is 3. The van der Waals surface area contributed by atoms with Crippen LogP contribution in [0.25, 0.3) is 5.69 Å². The van der Waals surface area contributed by atoms with Gasteiger partial charge in [0.05, 0.1) is 11.4 Å². The summed E-state index contributed by atoms with van der Waals surface area (Å²) in [6.07, 6.45) is 6.30. The number of carbonyl (C=O) groups excluding carboxylic acids is 1. The SMILES string of the molecule is O=C(CSc1nncn1-c1cccc(Cl)c1)N1CCCCCC1. The molecule has 0 radical (unpaired) electrons. The van der Waals surface area contributed by atoms with Gasteiger partial charge in [-0.05, 0) is 31.0 Å².